The Hall–Kier alpha value is -2.42. The molecule has 0 fully saturated rings. The van der Waals surface area contributed by atoms with Crippen LogP contribution in [0.4, 0.5) is 0 Å². The average molecular weight is 277 g/mol. The van der Waals surface area contributed by atoms with Gasteiger partial charge in [0.25, 0.3) is 0 Å². The highest BCUT2D eigenvalue weighted by molar-refractivity contribution is 5.57. The molecule has 0 saturated heterocycles. The molecule has 0 saturated carbocycles. The minimum atomic E-state index is 0.845. The maximum absolute atomic E-state index is 4.69. The van der Waals surface area contributed by atoms with Crippen molar-refractivity contribution in [3.63, 3.8) is 0 Å². The minimum absolute atomic E-state index is 0.845. The molecule has 106 valence electrons. The van der Waals surface area contributed by atoms with Gasteiger partial charge in [-0.15, -0.1) is 0 Å². The lowest BCUT2D eigenvalue weighted by Crippen LogP contribution is -2.04. The number of nitrogens with zero attached hydrogens (tertiary/aromatic N) is 3. The van der Waals surface area contributed by atoms with Gasteiger partial charge in [-0.25, -0.2) is 4.98 Å². The molecule has 1 aromatic carbocycles. The van der Waals surface area contributed by atoms with Crippen molar-refractivity contribution in [2.24, 2.45) is 0 Å². The highest BCUT2D eigenvalue weighted by atomic mass is 15.1. The van der Waals surface area contributed by atoms with Gasteiger partial charge >= 0.3 is 0 Å². The van der Waals surface area contributed by atoms with Crippen molar-refractivity contribution >= 4 is 0 Å². The first-order valence-corrected chi connectivity index (χ1v) is 7.16. The van der Waals surface area contributed by atoms with Crippen LogP contribution in [-0.4, -0.2) is 14.5 Å². The molecule has 0 unspecified atom stereocenters. The summed E-state index contributed by atoms with van der Waals surface area (Å²) in [5.74, 6) is 1.02. The molecule has 0 radical (unpaired) electrons. The summed E-state index contributed by atoms with van der Waals surface area (Å²) in [4.78, 5) is 9.10. The van der Waals surface area contributed by atoms with Crippen LogP contribution < -0.4 is 0 Å². The maximum Gasteiger partial charge on any atom is 0.110 e. The lowest BCUT2D eigenvalue weighted by molar-refractivity contribution is 0.738. The van der Waals surface area contributed by atoms with Gasteiger partial charge in [0, 0.05) is 18.4 Å². The molecule has 3 nitrogen and oxygen atoms in total. The maximum atomic E-state index is 4.69. The van der Waals surface area contributed by atoms with Crippen LogP contribution in [0.5, 0.6) is 0 Å². The minimum Gasteiger partial charge on any atom is -0.327 e. The van der Waals surface area contributed by atoms with E-state index in [0.29, 0.717) is 0 Å². The molecule has 0 bridgehead atoms. The number of hydrogen-bond acceptors (Lipinski definition) is 2. The van der Waals surface area contributed by atoms with Crippen LogP contribution in [0.1, 0.15) is 22.6 Å². The Morgan fingerprint density at radius 3 is 2.38 bits per heavy atom. The van der Waals surface area contributed by atoms with E-state index in [1.807, 2.05) is 31.3 Å². The van der Waals surface area contributed by atoms with Crippen molar-refractivity contribution in [2.75, 3.05) is 0 Å². The summed E-state index contributed by atoms with van der Waals surface area (Å²) >= 11 is 0. The zero-order valence-corrected chi connectivity index (χ0v) is 12.7. The molecule has 0 aliphatic heterocycles. The van der Waals surface area contributed by atoms with Gasteiger partial charge in [-0.2, -0.15) is 0 Å². The number of benzene rings is 1. The molecule has 3 aromatic rings. The number of imidazole rings is 1. The van der Waals surface area contributed by atoms with Crippen molar-refractivity contribution in [3.8, 4) is 11.4 Å². The van der Waals surface area contributed by atoms with E-state index in [1.165, 1.54) is 11.1 Å². The van der Waals surface area contributed by atoms with Crippen LogP contribution in [0.3, 0.4) is 0 Å². The molecule has 0 spiro atoms. The Labute approximate surface area is 125 Å². The fourth-order valence-corrected chi connectivity index (χ4v) is 2.53. The molecule has 2 aromatic heterocycles. The standard InChI is InChI=1S/C18H19N3/c1-13-7-9-16(10-8-13)12-21-14(2)18(20-15(21)3)17-6-4-5-11-19-17/h4-11H,12H2,1-3H3. The van der Waals surface area contributed by atoms with E-state index in [-0.39, 0.29) is 0 Å². The fourth-order valence-electron chi connectivity index (χ4n) is 2.53. The van der Waals surface area contributed by atoms with Gasteiger partial charge in [0.05, 0.1) is 5.69 Å². The summed E-state index contributed by atoms with van der Waals surface area (Å²) in [6.45, 7) is 7.11. The second kappa shape index (κ2) is 5.52. The fraction of sp³-hybridized carbons (Fsp3) is 0.222. The molecule has 0 aliphatic carbocycles. The van der Waals surface area contributed by atoms with Crippen molar-refractivity contribution in [1.29, 1.82) is 0 Å². The highest BCUT2D eigenvalue weighted by Gasteiger charge is 2.13. The van der Waals surface area contributed by atoms with Crippen LogP contribution in [0.2, 0.25) is 0 Å². The zero-order chi connectivity index (χ0) is 14.8. The zero-order valence-electron chi connectivity index (χ0n) is 12.7. The van der Waals surface area contributed by atoms with Gasteiger partial charge in [-0.1, -0.05) is 35.9 Å². The predicted molar refractivity (Wildman–Crippen MR) is 85.2 cm³/mol. The van der Waals surface area contributed by atoms with Crippen LogP contribution in [-0.2, 0) is 6.54 Å². The summed E-state index contributed by atoms with van der Waals surface area (Å²) in [6.07, 6.45) is 1.81. The number of aryl methyl sites for hydroxylation is 2. The summed E-state index contributed by atoms with van der Waals surface area (Å²) in [6, 6.07) is 14.6. The van der Waals surface area contributed by atoms with Gasteiger partial charge in [0.2, 0.25) is 0 Å². The number of pyridine rings is 1. The molecule has 0 aliphatic rings. The Morgan fingerprint density at radius 2 is 1.71 bits per heavy atom. The SMILES string of the molecule is Cc1ccc(Cn2c(C)nc(-c3ccccn3)c2C)cc1. The number of hydrogen-bond donors (Lipinski definition) is 0. The normalized spacial score (nSPS) is 10.8. The lowest BCUT2D eigenvalue weighted by atomic mass is 10.1. The second-order valence-electron chi connectivity index (χ2n) is 5.38. The highest BCUT2D eigenvalue weighted by Crippen LogP contribution is 2.22. The molecular weight excluding hydrogens is 258 g/mol. The van der Waals surface area contributed by atoms with Crippen LogP contribution in [0, 0.1) is 20.8 Å². The third kappa shape index (κ3) is 2.72. The quantitative estimate of drug-likeness (QED) is 0.726. The third-order valence-electron chi connectivity index (χ3n) is 3.78. The third-order valence-corrected chi connectivity index (χ3v) is 3.78. The lowest BCUT2D eigenvalue weighted by Gasteiger charge is -2.08. The van der Waals surface area contributed by atoms with Crippen molar-refractivity contribution in [1.82, 2.24) is 14.5 Å². The smallest absolute Gasteiger partial charge is 0.110 e. The van der Waals surface area contributed by atoms with E-state index in [9.17, 15) is 0 Å². The van der Waals surface area contributed by atoms with Gasteiger partial charge < -0.3 is 4.57 Å². The number of aromatic nitrogens is 3. The van der Waals surface area contributed by atoms with E-state index in [1.54, 1.807) is 0 Å². The Balaban J connectivity index is 1.97. The molecule has 2 heterocycles. The van der Waals surface area contributed by atoms with Gasteiger partial charge in [-0.3, -0.25) is 4.98 Å². The molecular formula is C18H19N3. The first-order valence-electron chi connectivity index (χ1n) is 7.16. The first-order chi connectivity index (χ1) is 10.1. The van der Waals surface area contributed by atoms with E-state index in [0.717, 1.165) is 29.5 Å². The average Bonchev–Trinajstić information content (AvgIpc) is 2.78. The van der Waals surface area contributed by atoms with E-state index in [4.69, 9.17) is 4.98 Å². The summed E-state index contributed by atoms with van der Waals surface area (Å²) in [5, 5.41) is 0. The Bertz CT molecular complexity index is 740. The largest absolute Gasteiger partial charge is 0.327 e. The van der Waals surface area contributed by atoms with Crippen LogP contribution in [0.15, 0.2) is 48.7 Å². The van der Waals surface area contributed by atoms with Gasteiger partial charge in [-0.05, 0) is 38.5 Å². The monoisotopic (exact) mass is 277 g/mol. The van der Waals surface area contributed by atoms with Gasteiger partial charge in [0.1, 0.15) is 11.5 Å². The summed E-state index contributed by atoms with van der Waals surface area (Å²) in [5.41, 5.74) is 5.64. The molecule has 0 N–H and O–H groups in total. The molecule has 21 heavy (non-hydrogen) atoms. The van der Waals surface area contributed by atoms with Gasteiger partial charge in [0.15, 0.2) is 0 Å². The molecule has 3 rings (SSSR count). The predicted octanol–water partition coefficient (Wildman–Crippen LogP) is 3.92. The van der Waals surface area contributed by atoms with E-state index in [2.05, 4.69) is 47.7 Å². The second-order valence-corrected chi connectivity index (χ2v) is 5.38. The van der Waals surface area contributed by atoms with Crippen molar-refractivity contribution < 1.29 is 0 Å². The first kappa shape index (κ1) is 13.6. The van der Waals surface area contributed by atoms with Crippen LogP contribution in [0.25, 0.3) is 11.4 Å². The Kier molecular flexibility index (Phi) is 3.57. The van der Waals surface area contributed by atoms with Crippen LogP contribution >= 0.6 is 0 Å². The van der Waals surface area contributed by atoms with E-state index >= 15 is 0 Å². The molecule has 0 atom stereocenters. The summed E-state index contributed by atoms with van der Waals surface area (Å²) < 4.78 is 2.24. The van der Waals surface area contributed by atoms with Crippen molar-refractivity contribution in [2.45, 2.75) is 27.3 Å². The van der Waals surface area contributed by atoms with E-state index < -0.39 is 0 Å². The van der Waals surface area contributed by atoms with Crippen molar-refractivity contribution in [3.05, 3.63) is 71.3 Å². The summed E-state index contributed by atoms with van der Waals surface area (Å²) in [7, 11) is 0. The molecule has 3 heteroatoms. The number of rotatable bonds is 3. The Morgan fingerprint density at radius 1 is 0.952 bits per heavy atom. The topological polar surface area (TPSA) is 30.7 Å². The molecule has 0 amide bonds.